The molecule has 0 unspecified atom stereocenters. The number of rotatable bonds is 9. The second kappa shape index (κ2) is 10.3. The van der Waals surface area contributed by atoms with Gasteiger partial charge in [0.2, 0.25) is 5.91 Å². The molecule has 0 spiro atoms. The number of hydrogen-bond donors (Lipinski definition) is 1. The standard InChI is InChI=1S/C20H19FN2O3S/c1-14(24)15-7-8-19(18(21)11-15)27-13-20(25)23-16-5-4-6-17(12-16)26-10-3-2-9-22/h4-8,11-12H,2-3,10,13H2,1H3,(H,23,25). The fourth-order valence-corrected chi connectivity index (χ4v) is 2.90. The van der Waals surface area contributed by atoms with Crippen molar-refractivity contribution in [3.05, 3.63) is 53.8 Å². The van der Waals surface area contributed by atoms with Gasteiger partial charge in [-0.1, -0.05) is 12.1 Å². The summed E-state index contributed by atoms with van der Waals surface area (Å²) in [5.41, 5.74) is 0.874. The molecule has 0 saturated heterocycles. The Morgan fingerprint density at radius 2 is 2.07 bits per heavy atom. The van der Waals surface area contributed by atoms with E-state index >= 15 is 0 Å². The lowest BCUT2D eigenvalue weighted by atomic mass is 10.1. The molecule has 0 heterocycles. The molecule has 2 aromatic rings. The van der Waals surface area contributed by atoms with Crippen molar-refractivity contribution < 1.29 is 18.7 Å². The molecule has 0 atom stereocenters. The summed E-state index contributed by atoms with van der Waals surface area (Å²) in [4.78, 5) is 23.6. The van der Waals surface area contributed by atoms with Crippen LogP contribution >= 0.6 is 11.8 Å². The molecule has 0 aliphatic rings. The molecule has 1 N–H and O–H groups in total. The number of nitrogens with one attached hydrogen (secondary N) is 1. The summed E-state index contributed by atoms with van der Waals surface area (Å²) in [5.74, 6) is -0.379. The van der Waals surface area contributed by atoms with Crippen LogP contribution in [-0.2, 0) is 4.79 Å². The third-order valence-corrected chi connectivity index (χ3v) is 4.57. The Kier molecular flexibility index (Phi) is 7.83. The van der Waals surface area contributed by atoms with Crippen LogP contribution in [0.4, 0.5) is 10.1 Å². The van der Waals surface area contributed by atoms with E-state index in [1.807, 2.05) is 6.07 Å². The van der Waals surface area contributed by atoms with Crippen LogP contribution in [0.5, 0.6) is 5.75 Å². The monoisotopic (exact) mass is 386 g/mol. The third kappa shape index (κ3) is 6.76. The number of thioether (sulfide) groups is 1. The zero-order valence-corrected chi connectivity index (χ0v) is 15.6. The molecule has 0 radical (unpaired) electrons. The molecule has 0 saturated carbocycles. The number of anilines is 1. The number of benzene rings is 2. The van der Waals surface area contributed by atoms with Crippen LogP contribution in [0.3, 0.4) is 0 Å². The zero-order chi connectivity index (χ0) is 19.6. The van der Waals surface area contributed by atoms with Crippen molar-refractivity contribution >= 4 is 29.1 Å². The molecule has 2 rings (SSSR count). The van der Waals surface area contributed by atoms with Gasteiger partial charge < -0.3 is 10.1 Å². The normalized spacial score (nSPS) is 10.1. The molecule has 2 aromatic carbocycles. The summed E-state index contributed by atoms with van der Waals surface area (Å²) >= 11 is 1.06. The number of halogens is 1. The summed E-state index contributed by atoms with van der Waals surface area (Å²) in [6.07, 6.45) is 1.06. The lowest BCUT2D eigenvalue weighted by Crippen LogP contribution is -2.14. The van der Waals surface area contributed by atoms with Crippen molar-refractivity contribution in [1.82, 2.24) is 0 Å². The van der Waals surface area contributed by atoms with E-state index in [1.54, 1.807) is 30.3 Å². The fourth-order valence-electron chi connectivity index (χ4n) is 2.18. The molecule has 0 bridgehead atoms. The summed E-state index contributed by atoms with van der Waals surface area (Å²) in [7, 11) is 0. The molecule has 0 aliphatic heterocycles. The highest BCUT2D eigenvalue weighted by molar-refractivity contribution is 8.00. The number of Topliss-reactive ketones (excluding diaryl/α,β-unsaturated/α-hetero) is 1. The Morgan fingerprint density at radius 3 is 2.78 bits per heavy atom. The largest absolute Gasteiger partial charge is 0.493 e. The quantitative estimate of drug-likeness (QED) is 0.391. The third-order valence-electron chi connectivity index (χ3n) is 3.52. The molecule has 0 aliphatic carbocycles. The van der Waals surface area contributed by atoms with E-state index in [0.29, 0.717) is 41.3 Å². The Labute approximate surface area is 161 Å². The summed E-state index contributed by atoms with van der Waals surface area (Å²) < 4.78 is 19.5. The number of carbonyl (C=O) groups is 2. The SMILES string of the molecule is CC(=O)c1ccc(SCC(=O)Nc2cccc(OCCCC#N)c2)c(F)c1. The Morgan fingerprint density at radius 1 is 1.26 bits per heavy atom. The fraction of sp³-hybridized carbons (Fsp3) is 0.250. The molecule has 0 aromatic heterocycles. The number of nitrogens with zero attached hydrogens (tertiary/aromatic N) is 1. The predicted molar refractivity (Wildman–Crippen MR) is 103 cm³/mol. The first-order chi connectivity index (χ1) is 13.0. The van der Waals surface area contributed by atoms with E-state index in [1.165, 1.54) is 19.1 Å². The lowest BCUT2D eigenvalue weighted by molar-refractivity contribution is -0.113. The summed E-state index contributed by atoms with van der Waals surface area (Å²) in [5, 5.41) is 11.2. The number of nitriles is 1. The molecule has 5 nitrogen and oxygen atoms in total. The van der Waals surface area contributed by atoms with Crippen LogP contribution in [0.15, 0.2) is 47.4 Å². The molecule has 140 valence electrons. The Hall–Kier alpha value is -2.85. The minimum atomic E-state index is -0.520. The van der Waals surface area contributed by atoms with Crippen molar-refractivity contribution in [2.24, 2.45) is 0 Å². The number of unbranched alkanes of at least 4 members (excludes halogenated alkanes) is 1. The number of ketones is 1. The van der Waals surface area contributed by atoms with Gasteiger partial charge in [0.1, 0.15) is 11.6 Å². The minimum Gasteiger partial charge on any atom is -0.493 e. The second-order valence-electron chi connectivity index (χ2n) is 5.68. The van der Waals surface area contributed by atoms with Gasteiger partial charge in [0.15, 0.2) is 5.78 Å². The topological polar surface area (TPSA) is 79.2 Å². The van der Waals surface area contributed by atoms with Crippen LogP contribution in [0.2, 0.25) is 0 Å². The van der Waals surface area contributed by atoms with Crippen molar-refractivity contribution in [2.45, 2.75) is 24.7 Å². The van der Waals surface area contributed by atoms with Crippen molar-refractivity contribution in [2.75, 3.05) is 17.7 Å². The first-order valence-corrected chi connectivity index (χ1v) is 9.31. The van der Waals surface area contributed by atoms with E-state index in [9.17, 15) is 14.0 Å². The van der Waals surface area contributed by atoms with Gasteiger partial charge >= 0.3 is 0 Å². The molecule has 1 amide bonds. The van der Waals surface area contributed by atoms with Crippen molar-refractivity contribution in [1.29, 1.82) is 5.26 Å². The van der Waals surface area contributed by atoms with E-state index < -0.39 is 5.82 Å². The van der Waals surface area contributed by atoms with Crippen LogP contribution in [-0.4, -0.2) is 24.1 Å². The van der Waals surface area contributed by atoms with Gasteiger partial charge in [-0.05, 0) is 37.6 Å². The first-order valence-electron chi connectivity index (χ1n) is 8.32. The highest BCUT2D eigenvalue weighted by Gasteiger charge is 2.10. The molecule has 0 fully saturated rings. The van der Waals surface area contributed by atoms with Gasteiger partial charge in [-0.3, -0.25) is 9.59 Å². The maximum Gasteiger partial charge on any atom is 0.234 e. The van der Waals surface area contributed by atoms with Gasteiger partial charge in [-0.2, -0.15) is 5.26 Å². The smallest absolute Gasteiger partial charge is 0.234 e. The van der Waals surface area contributed by atoms with Crippen LogP contribution in [0, 0.1) is 17.1 Å². The van der Waals surface area contributed by atoms with E-state index in [-0.39, 0.29) is 17.4 Å². The Balaban J connectivity index is 1.87. The number of ether oxygens (including phenoxy) is 1. The molecular formula is C20H19FN2O3S. The first kappa shape index (κ1) is 20.5. The average molecular weight is 386 g/mol. The second-order valence-corrected chi connectivity index (χ2v) is 6.69. The van der Waals surface area contributed by atoms with Crippen LogP contribution in [0.25, 0.3) is 0 Å². The lowest BCUT2D eigenvalue weighted by Gasteiger charge is -2.09. The Bertz CT molecular complexity index is 865. The number of amides is 1. The van der Waals surface area contributed by atoms with Crippen molar-refractivity contribution in [3.63, 3.8) is 0 Å². The van der Waals surface area contributed by atoms with Crippen molar-refractivity contribution in [3.8, 4) is 11.8 Å². The average Bonchev–Trinajstić information content (AvgIpc) is 2.64. The van der Waals surface area contributed by atoms with E-state index in [2.05, 4.69) is 5.32 Å². The maximum absolute atomic E-state index is 14.0. The van der Waals surface area contributed by atoms with E-state index in [4.69, 9.17) is 10.00 Å². The molecular weight excluding hydrogens is 367 g/mol. The van der Waals surface area contributed by atoms with Crippen LogP contribution in [0.1, 0.15) is 30.1 Å². The van der Waals surface area contributed by atoms with Gasteiger partial charge in [-0.25, -0.2) is 4.39 Å². The van der Waals surface area contributed by atoms with Gasteiger partial charge in [0, 0.05) is 28.6 Å². The number of carbonyl (C=O) groups excluding carboxylic acids is 2. The van der Waals surface area contributed by atoms with E-state index in [0.717, 1.165) is 11.8 Å². The maximum atomic E-state index is 14.0. The highest BCUT2D eigenvalue weighted by Crippen LogP contribution is 2.24. The van der Waals surface area contributed by atoms with Crippen LogP contribution < -0.4 is 10.1 Å². The van der Waals surface area contributed by atoms with Gasteiger partial charge in [0.25, 0.3) is 0 Å². The minimum absolute atomic E-state index is 0.0313. The summed E-state index contributed by atoms with van der Waals surface area (Å²) in [6, 6.07) is 13.2. The highest BCUT2D eigenvalue weighted by atomic mass is 32.2. The van der Waals surface area contributed by atoms with Gasteiger partial charge in [-0.15, -0.1) is 11.8 Å². The predicted octanol–water partition coefficient (Wildman–Crippen LogP) is 4.44. The molecule has 7 heteroatoms. The molecule has 27 heavy (non-hydrogen) atoms. The zero-order valence-electron chi connectivity index (χ0n) is 14.8. The summed E-state index contributed by atoms with van der Waals surface area (Å²) in [6.45, 7) is 1.80. The van der Waals surface area contributed by atoms with Gasteiger partial charge in [0.05, 0.1) is 18.4 Å². The number of hydrogen-bond acceptors (Lipinski definition) is 5.